The van der Waals surface area contributed by atoms with Gasteiger partial charge in [0.15, 0.2) is 0 Å². The van der Waals surface area contributed by atoms with Gasteiger partial charge in [0.25, 0.3) is 11.8 Å². The number of halogens is 3. The maximum absolute atomic E-state index is 13.1. The molecule has 2 amide bonds. The minimum Gasteiger partial charge on any atom is -0.481 e. The van der Waals surface area contributed by atoms with Gasteiger partial charge in [-0.1, -0.05) is 37.6 Å². The first-order chi connectivity index (χ1) is 18.6. The number of alkyl halides is 3. The van der Waals surface area contributed by atoms with E-state index in [0.717, 1.165) is 12.0 Å². The van der Waals surface area contributed by atoms with Gasteiger partial charge in [0.2, 0.25) is 0 Å². The molecule has 2 unspecified atom stereocenters. The largest absolute Gasteiger partial charge is 0.573 e. The second-order valence-electron chi connectivity index (χ2n) is 8.72. The molecule has 1 aromatic heterocycles. The number of carboxylic acid groups (broad SMARTS) is 1. The highest BCUT2D eigenvalue weighted by Crippen LogP contribution is 2.36. The lowest BCUT2D eigenvalue weighted by atomic mass is 9.83. The zero-order valence-electron chi connectivity index (χ0n) is 21.1. The van der Waals surface area contributed by atoms with Crippen LogP contribution in [0.4, 0.5) is 13.2 Å². The number of nitrogens with one attached hydrogen (secondary N) is 2. The molecule has 3 N–H and O–H groups in total. The number of aromatic nitrogens is 1. The molecule has 0 saturated carbocycles. The standard InChI is InChI=1S/C28H28F3N3O5/c1-2-3-23(18-4-6-20(7-5-18)26(37)33-17-14-24(35)36)25(34-27(38)21-12-15-32-16-13-21)19-8-10-22(11-9-19)39-28(29,30)31/h4-13,15-16,23,25H,2-3,14,17H2,1H3,(H,33,37)(H,34,38)(H,35,36). The van der Waals surface area contributed by atoms with Crippen molar-refractivity contribution >= 4 is 17.8 Å². The van der Waals surface area contributed by atoms with Gasteiger partial charge in [-0.25, -0.2) is 0 Å². The monoisotopic (exact) mass is 543 g/mol. The molecule has 0 saturated heterocycles. The zero-order chi connectivity index (χ0) is 28.4. The number of benzene rings is 2. The van der Waals surface area contributed by atoms with Crippen LogP contribution in [0.15, 0.2) is 73.1 Å². The van der Waals surface area contributed by atoms with Gasteiger partial charge >= 0.3 is 12.3 Å². The first-order valence-corrected chi connectivity index (χ1v) is 12.2. The van der Waals surface area contributed by atoms with Crippen LogP contribution < -0.4 is 15.4 Å². The molecule has 206 valence electrons. The Kier molecular flexibility index (Phi) is 10.0. The number of carboxylic acids is 1. The number of pyridine rings is 1. The summed E-state index contributed by atoms with van der Waals surface area (Å²) < 4.78 is 42.0. The molecule has 0 fully saturated rings. The number of hydrogen-bond acceptors (Lipinski definition) is 5. The highest BCUT2D eigenvalue weighted by molar-refractivity contribution is 5.95. The summed E-state index contributed by atoms with van der Waals surface area (Å²) in [6.45, 7) is 1.96. The van der Waals surface area contributed by atoms with Crippen molar-refractivity contribution in [2.24, 2.45) is 0 Å². The van der Waals surface area contributed by atoms with Crippen molar-refractivity contribution in [1.82, 2.24) is 15.6 Å². The number of carbonyl (C=O) groups is 3. The molecular weight excluding hydrogens is 515 g/mol. The van der Waals surface area contributed by atoms with Crippen molar-refractivity contribution in [3.63, 3.8) is 0 Å². The lowest BCUT2D eigenvalue weighted by Gasteiger charge is -2.29. The Balaban J connectivity index is 1.91. The summed E-state index contributed by atoms with van der Waals surface area (Å²) in [5.41, 5.74) is 2.08. The molecule has 0 radical (unpaired) electrons. The normalized spacial score (nSPS) is 12.7. The third-order valence-corrected chi connectivity index (χ3v) is 5.93. The van der Waals surface area contributed by atoms with Gasteiger partial charge in [-0.05, 0) is 53.9 Å². The third kappa shape index (κ3) is 8.84. The molecule has 0 aliphatic heterocycles. The highest BCUT2D eigenvalue weighted by atomic mass is 19.4. The van der Waals surface area contributed by atoms with E-state index in [1.807, 2.05) is 6.92 Å². The fourth-order valence-corrected chi connectivity index (χ4v) is 4.12. The predicted molar refractivity (Wildman–Crippen MR) is 136 cm³/mol. The number of nitrogens with zero attached hydrogens (tertiary/aromatic N) is 1. The van der Waals surface area contributed by atoms with Crippen LogP contribution in [0, 0.1) is 0 Å². The van der Waals surface area contributed by atoms with Crippen LogP contribution in [0.1, 0.15) is 70.0 Å². The lowest BCUT2D eigenvalue weighted by molar-refractivity contribution is -0.274. The van der Waals surface area contributed by atoms with Crippen molar-refractivity contribution in [2.45, 2.75) is 44.5 Å². The van der Waals surface area contributed by atoms with E-state index in [4.69, 9.17) is 5.11 Å². The molecule has 1 heterocycles. The first-order valence-electron chi connectivity index (χ1n) is 12.2. The minimum atomic E-state index is -4.83. The van der Waals surface area contributed by atoms with Gasteiger partial charge in [0, 0.05) is 36.0 Å². The van der Waals surface area contributed by atoms with E-state index in [9.17, 15) is 27.6 Å². The van der Waals surface area contributed by atoms with Crippen molar-refractivity contribution in [1.29, 1.82) is 0 Å². The molecule has 39 heavy (non-hydrogen) atoms. The molecule has 8 nitrogen and oxygen atoms in total. The molecule has 0 bridgehead atoms. The Hall–Kier alpha value is -4.41. The molecule has 3 rings (SSSR count). The smallest absolute Gasteiger partial charge is 0.481 e. The van der Waals surface area contributed by atoms with E-state index < -0.39 is 24.3 Å². The number of rotatable bonds is 12. The highest BCUT2D eigenvalue weighted by Gasteiger charge is 2.32. The summed E-state index contributed by atoms with van der Waals surface area (Å²) in [6, 6.07) is 14.5. The second-order valence-corrected chi connectivity index (χ2v) is 8.72. The summed E-state index contributed by atoms with van der Waals surface area (Å²) >= 11 is 0. The number of amides is 2. The quantitative estimate of drug-likeness (QED) is 0.288. The van der Waals surface area contributed by atoms with E-state index >= 15 is 0 Å². The lowest BCUT2D eigenvalue weighted by Crippen LogP contribution is -2.33. The van der Waals surface area contributed by atoms with Crippen molar-refractivity contribution in [3.8, 4) is 5.75 Å². The van der Waals surface area contributed by atoms with E-state index in [1.54, 1.807) is 36.4 Å². The summed E-state index contributed by atoms with van der Waals surface area (Å²) in [7, 11) is 0. The Morgan fingerprint density at radius 2 is 1.49 bits per heavy atom. The van der Waals surface area contributed by atoms with Gasteiger partial charge < -0.3 is 20.5 Å². The second kappa shape index (κ2) is 13.4. The third-order valence-electron chi connectivity index (χ3n) is 5.93. The zero-order valence-corrected chi connectivity index (χ0v) is 21.1. The fourth-order valence-electron chi connectivity index (χ4n) is 4.12. The number of carbonyl (C=O) groups excluding carboxylic acids is 2. The van der Waals surface area contributed by atoms with Crippen LogP contribution in [0.3, 0.4) is 0 Å². The van der Waals surface area contributed by atoms with E-state index in [1.165, 1.54) is 36.7 Å². The first kappa shape index (κ1) is 29.2. The molecule has 2 aromatic carbocycles. The summed E-state index contributed by atoms with van der Waals surface area (Å²) in [5, 5.41) is 14.3. The van der Waals surface area contributed by atoms with Crippen LogP contribution in [-0.4, -0.2) is 40.8 Å². The topological polar surface area (TPSA) is 118 Å². The predicted octanol–water partition coefficient (Wildman–Crippen LogP) is 5.24. The molecule has 2 atom stereocenters. The average Bonchev–Trinajstić information content (AvgIpc) is 2.90. The van der Waals surface area contributed by atoms with Crippen molar-refractivity contribution in [2.75, 3.05) is 6.54 Å². The van der Waals surface area contributed by atoms with Crippen LogP contribution in [0.5, 0.6) is 5.75 Å². The summed E-state index contributed by atoms with van der Waals surface area (Å²) in [5.74, 6) is -2.49. The van der Waals surface area contributed by atoms with Gasteiger partial charge in [-0.2, -0.15) is 0 Å². The maximum atomic E-state index is 13.1. The summed E-state index contributed by atoms with van der Waals surface area (Å²) in [4.78, 5) is 40.1. The van der Waals surface area contributed by atoms with Crippen molar-refractivity contribution < 1.29 is 37.4 Å². The molecule has 0 aliphatic carbocycles. The van der Waals surface area contributed by atoms with Gasteiger partial charge in [-0.3, -0.25) is 19.4 Å². The van der Waals surface area contributed by atoms with Crippen LogP contribution in [0.25, 0.3) is 0 Å². The van der Waals surface area contributed by atoms with E-state index in [0.29, 0.717) is 23.1 Å². The Morgan fingerprint density at radius 3 is 2.05 bits per heavy atom. The van der Waals surface area contributed by atoms with E-state index in [2.05, 4.69) is 20.4 Å². The van der Waals surface area contributed by atoms with Crippen LogP contribution >= 0.6 is 0 Å². The molecule has 3 aromatic rings. The van der Waals surface area contributed by atoms with Gasteiger partial charge in [-0.15, -0.1) is 13.2 Å². The molecule has 11 heteroatoms. The maximum Gasteiger partial charge on any atom is 0.573 e. The molecule has 0 aliphatic rings. The summed E-state index contributed by atoms with van der Waals surface area (Å²) in [6.07, 6.45) is -0.712. The van der Waals surface area contributed by atoms with Crippen LogP contribution in [0.2, 0.25) is 0 Å². The molecule has 0 spiro atoms. The number of hydrogen-bond donors (Lipinski definition) is 3. The molecular formula is C28H28F3N3O5. The Bertz CT molecular complexity index is 1250. The number of aliphatic carboxylic acids is 1. The fraction of sp³-hybridized carbons (Fsp3) is 0.286. The van der Waals surface area contributed by atoms with Crippen LogP contribution in [-0.2, 0) is 4.79 Å². The SMILES string of the molecule is CCCC(c1ccc(C(=O)NCCC(=O)O)cc1)C(NC(=O)c1ccncc1)c1ccc(OC(F)(F)F)cc1. The Labute approximate surface area is 223 Å². The van der Waals surface area contributed by atoms with Gasteiger partial charge in [0.1, 0.15) is 5.75 Å². The average molecular weight is 544 g/mol. The Morgan fingerprint density at radius 1 is 0.897 bits per heavy atom. The van der Waals surface area contributed by atoms with Crippen molar-refractivity contribution in [3.05, 3.63) is 95.3 Å². The van der Waals surface area contributed by atoms with E-state index in [-0.39, 0.29) is 30.5 Å². The number of ether oxygens (including phenoxy) is 1. The minimum absolute atomic E-state index is 0.00840. The van der Waals surface area contributed by atoms with Gasteiger partial charge in [0.05, 0.1) is 12.5 Å².